The maximum Gasteiger partial charge on any atom is 0.407 e. The predicted octanol–water partition coefficient (Wildman–Crippen LogP) is 5.67. The molecule has 1 amide bonds. The molecule has 2 heterocycles. The number of aliphatic carboxylic acids is 1. The monoisotopic (exact) mass is 564 g/mol. The van der Waals surface area contributed by atoms with E-state index in [-0.39, 0.29) is 45.3 Å². The van der Waals surface area contributed by atoms with Gasteiger partial charge in [-0.1, -0.05) is 17.7 Å². The van der Waals surface area contributed by atoms with Crippen LogP contribution in [0.15, 0.2) is 46.7 Å². The van der Waals surface area contributed by atoms with Crippen molar-refractivity contribution < 1.29 is 32.6 Å². The van der Waals surface area contributed by atoms with E-state index in [1.165, 1.54) is 6.07 Å². The highest BCUT2D eigenvalue weighted by atomic mass is 35.5. The third kappa shape index (κ3) is 6.70. The molecular weight excluding hydrogens is 537 g/mol. The summed E-state index contributed by atoms with van der Waals surface area (Å²) in [6.07, 6.45) is 2.31. The number of aliphatic imine (C=N–C) groups is 1. The van der Waals surface area contributed by atoms with Crippen LogP contribution in [0.4, 0.5) is 18.0 Å². The fourth-order valence-corrected chi connectivity index (χ4v) is 5.05. The summed E-state index contributed by atoms with van der Waals surface area (Å²) < 4.78 is 47.4. The lowest BCUT2D eigenvalue weighted by Gasteiger charge is -2.35. The summed E-state index contributed by atoms with van der Waals surface area (Å²) in [6.45, 7) is 5.29. The first kappa shape index (κ1) is 28.4. The average molecular weight is 565 g/mol. The number of carboxylic acids is 1. The van der Waals surface area contributed by atoms with Crippen LogP contribution in [-0.4, -0.2) is 39.6 Å². The summed E-state index contributed by atoms with van der Waals surface area (Å²) in [6, 6.07) is 2.74. The molecule has 208 valence electrons. The molecule has 1 saturated carbocycles. The zero-order chi connectivity index (χ0) is 28.5. The average Bonchev–Trinajstić information content (AvgIpc) is 2.82. The van der Waals surface area contributed by atoms with Crippen LogP contribution in [0.5, 0.6) is 0 Å². The van der Waals surface area contributed by atoms with E-state index in [9.17, 15) is 27.9 Å². The summed E-state index contributed by atoms with van der Waals surface area (Å²) in [5.74, 6) is -4.22. The fraction of sp³-hybridized carbons (Fsp3) is 0.407. The van der Waals surface area contributed by atoms with E-state index in [1.54, 1.807) is 20.8 Å². The summed E-state index contributed by atoms with van der Waals surface area (Å²) in [4.78, 5) is 33.0. The molecule has 1 unspecified atom stereocenters. The van der Waals surface area contributed by atoms with Gasteiger partial charge in [-0.25, -0.2) is 27.7 Å². The van der Waals surface area contributed by atoms with Crippen molar-refractivity contribution in [1.29, 1.82) is 0 Å². The second kappa shape index (κ2) is 11.3. The number of halogens is 4. The van der Waals surface area contributed by atoms with Crippen molar-refractivity contribution in [2.24, 2.45) is 10.9 Å². The van der Waals surface area contributed by atoms with Crippen LogP contribution in [0, 0.1) is 23.4 Å². The van der Waals surface area contributed by atoms with Gasteiger partial charge in [0.25, 0.3) is 0 Å². The van der Waals surface area contributed by atoms with E-state index in [0.717, 1.165) is 18.3 Å². The SMILES string of the molecule is CC(C)(C)OC(=O)NC1CCC(C2=C(C(=O)O)C(c3ccc(F)cc3Cl)N=C(c3ncc(F)cc3F)N2)CC1. The van der Waals surface area contributed by atoms with Gasteiger partial charge in [0.1, 0.15) is 29.0 Å². The van der Waals surface area contributed by atoms with Crippen molar-refractivity contribution in [2.75, 3.05) is 0 Å². The lowest BCUT2D eigenvalue weighted by molar-refractivity contribution is -0.133. The van der Waals surface area contributed by atoms with Crippen LogP contribution in [0.25, 0.3) is 0 Å². The van der Waals surface area contributed by atoms with Crippen LogP contribution in [0.1, 0.15) is 63.8 Å². The van der Waals surface area contributed by atoms with Crippen LogP contribution < -0.4 is 10.6 Å². The Bertz CT molecular complexity index is 1350. The summed E-state index contributed by atoms with van der Waals surface area (Å²) in [5.41, 5.74) is -0.598. The molecule has 12 heteroatoms. The Hall–Kier alpha value is -3.60. The van der Waals surface area contributed by atoms with Crippen LogP contribution in [0.2, 0.25) is 5.02 Å². The number of amides is 1. The molecule has 1 aromatic carbocycles. The van der Waals surface area contributed by atoms with Gasteiger partial charge in [-0.3, -0.25) is 4.99 Å². The van der Waals surface area contributed by atoms with Gasteiger partial charge >= 0.3 is 12.1 Å². The van der Waals surface area contributed by atoms with Crippen LogP contribution >= 0.6 is 11.6 Å². The largest absolute Gasteiger partial charge is 0.478 e. The molecule has 39 heavy (non-hydrogen) atoms. The van der Waals surface area contributed by atoms with E-state index in [4.69, 9.17) is 16.3 Å². The van der Waals surface area contributed by atoms with E-state index in [0.29, 0.717) is 31.7 Å². The van der Waals surface area contributed by atoms with Crippen LogP contribution in [-0.2, 0) is 9.53 Å². The fourth-order valence-electron chi connectivity index (χ4n) is 4.78. The quantitative estimate of drug-likeness (QED) is 0.431. The minimum atomic E-state index is -1.28. The minimum Gasteiger partial charge on any atom is -0.478 e. The normalized spacial score (nSPS) is 21.6. The highest BCUT2D eigenvalue weighted by Crippen LogP contribution is 2.40. The molecule has 1 aromatic heterocycles. The number of carbonyl (C=O) groups excluding carboxylic acids is 1. The number of ether oxygens (including phenoxy) is 1. The van der Waals surface area contributed by atoms with Gasteiger partial charge in [-0.15, -0.1) is 0 Å². The smallest absolute Gasteiger partial charge is 0.407 e. The number of pyridine rings is 1. The Balaban J connectivity index is 1.69. The predicted molar refractivity (Wildman–Crippen MR) is 138 cm³/mol. The zero-order valence-electron chi connectivity index (χ0n) is 21.5. The van der Waals surface area contributed by atoms with Crippen molar-refractivity contribution in [3.05, 3.63) is 75.5 Å². The minimum absolute atomic E-state index is 0.0547. The van der Waals surface area contributed by atoms with Gasteiger partial charge in [0.05, 0.1) is 11.8 Å². The molecule has 2 aromatic rings. The number of nitrogens with zero attached hydrogens (tertiary/aromatic N) is 2. The number of amidine groups is 1. The van der Waals surface area contributed by atoms with E-state index in [2.05, 4.69) is 20.6 Å². The molecule has 1 atom stereocenters. The Morgan fingerprint density at radius 3 is 2.38 bits per heavy atom. The molecule has 4 rings (SSSR count). The van der Waals surface area contributed by atoms with Crippen molar-refractivity contribution in [3.63, 3.8) is 0 Å². The summed E-state index contributed by atoms with van der Waals surface area (Å²) in [5, 5.41) is 16.0. The number of nitrogens with one attached hydrogen (secondary N) is 2. The maximum absolute atomic E-state index is 14.7. The molecule has 8 nitrogen and oxygen atoms in total. The van der Waals surface area contributed by atoms with Gasteiger partial charge in [-0.05, 0) is 64.5 Å². The standard InChI is InChI=1S/C27H28ClF3N4O4/c1-27(2,3)39-26(38)33-16-7-4-13(5-8-16)21-20(25(36)37)22(17-9-6-14(29)10-18(17)28)35-24(34-21)23-19(31)11-15(30)12-32-23/h6,9-13,16,22H,4-5,7-8H2,1-3H3,(H,33,38)(H,34,35)(H,36,37). The van der Waals surface area contributed by atoms with E-state index in [1.807, 2.05) is 0 Å². The van der Waals surface area contributed by atoms with Crippen molar-refractivity contribution >= 4 is 29.5 Å². The maximum atomic E-state index is 14.7. The lowest BCUT2D eigenvalue weighted by Crippen LogP contribution is -2.43. The Morgan fingerprint density at radius 1 is 1.10 bits per heavy atom. The third-order valence-corrected chi connectivity index (χ3v) is 6.78. The molecule has 0 saturated heterocycles. The van der Waals surface area contributed by atoms with E-state index >= 15 is 0 Å². The van der Waals surface area contributed by atoms with Gasteiger partial charge in [0, 0.05) is 28.4 Å². The molecule has 1 aliphatic heterocycles. The summed E-state index contributed by atoms with van der Waals surface area (Å²) in [7, 11) is 0. The van der Waals surface area contributed by atoms with Crippen molar-refractivity contribution in [1.82, 2.24) is 15.6 Å². The number of allylic oxidation sites excluding steroid dienone is 1. The number of alkyl carbamates (subject to hydrolysis) is 1. The number of rotatable bonds is 5. The summed E-state index contributed by atoms with van der Waals surface area (Å²) >= 11 is 6.29. The molecule has 1 aliphatic carbocycles. The zero-order valence-corrected chi connectivity index (χ0v) is 22.3. The third-order valence-electron chi connectivity index (χ3n) is 6.45. The molecule has 2 aliphatic rings. The second-order valence-electron chi connectivity index (χ2n) is 10.5. The first-order valence-electron chi connectivity index (χ1n) is 12.4. The molecule has 1 fully saturated rings. The number of carbonyl (C=O) groups is 2. The van der Waals surface area contributed by atoms with Gasteiger partial charge in [0.2, 0.25) is 0 Å². The van der Waals surface area contributed by atoms with Gasteiger partial charge in [0.15, 0.2) is 11.7 Å². The molecule has 3 N–H and O–H groups in total. The van der Waals surface area contributed by atoms with Gasteiger partial charge < -0.3 is 20.5 Å². The number of hydrogen-bond acceptors (Lipinski definition) is 6. The van der Waals surface area contributed by atoms with E-state index < -0.39 is 41.2 Å². The first-order valence-corrected chi connectivity index (χ1v) is 12.8. The lowest BCUT2D eigenvalue weighted by atomic mass is 9.80. The van der Waals surface area contributed by atoms with Crippen LogP contribution in [0.3, 0.4) is 0 Å². The molecular formula is C27H28ClF3N4O4. The van der Waals surface area contributed by atoms with Crippen molar-refractivity contribution in [2.45, 2.75) is 64.1 Å². The topological polar surface area (TPSA) is 113 Å². The molecule has 0 bridgehead atoms. The highest BCUT2D eigenvalue weighted by molar-refractivity contribution is 6.31. The molecule has 0 radical (unpaired) electrons. The number of aromatic nitrogens is 1. The van der Waals surface area contributed by atoms with Crippen molar-refractivity contribution in [3.8, 4) is 0 Å². The first-order chi connectivity index (χ1) is 18.3. The Labute approximate surface area is 228 Å². The molecule has 0 spiro atoms. The second-order valence-corrected chi connectivity index (χ2v) is 10.9. The number of benzene rings is 1. The Kier molecular flexibility index (Phi) is 8.20. The number of carboxylic acid groups (broad SMARTS) is 1. The Morgan fingerprint density at radius 2 is 1.79 bits per heavy atom. The van der Waals surface area contributed by atoms with Gasteiger partial charge in [-0.2, -0.15) is 0 Å². The highest BCUT2D eigenvalue weighted by Gasteiger charge is 2.38. The number of hydrogen-bond donors (Lipinski definition) is 3.